The van der Waals surface area contributed by atoms with Crippen molar-refractivity contribution in [3.63, 3.8) is 0 Å². The summed E-state index contributed by atoms with van der Waals surface area (Å²) in [5.41, 5.74) is -0.538. The normalized spacial score (nSPS) is 30.7. The Morgan fingerprint density at radius 1 is 1.29 bits per heavy atom. The van der Waals surface area contributed by atoms with Crippen LogP contribution in [0.2, 0.25) is 0 Å². The number of carbonyl (C=O) groups is 2. The van der Waals surface area contributed by atoms with Crippen molar-refractivity contribution >= 4 is 11.9 Å². The number of carboxylic acids is 1. The van der Waals surface area contributed by atoms with Crippen LogP contribution in [0.4, 0.5) is 0 Å². The van der Waals surface area contributed by atoms with Crippen LogP contribution in [0.1, 0.15) is 18.4 Å². The van der Waals surface area contributed by atoms with Gasteiger partial charge in [0.05, 0.1) is 7.11 Å². The molecule has 1 N–H and O–H groups in total. The molecule has 0 spiro atoms. The van der Waals surface area contributed by atoms with Crippen LogP contribution in [0, 0.1) is 11.3 Å². The van der Waals surface area contributed by atoms with E-state index in [-0.39, 0.29) is 11.8 Å². The molecule has 0 aliphatic heterocycles. The molecule has 1 aliphatic carbocycles. The molecule has 1 aromatic rings. The first-order chi connectivity index (χ1) is 8.06. The zero-order valence-corrected chi connectivity index (χ0v) is 9.71. The number of rotatable bonds is 3. The predicted molar refractivity (Wildman–Crippen MR) is 60.4 cm³/mol. The van der Waals surface area contributed by atoms with Gasteiger partial charge in [-0.2, -0.15) is 0 Å². The van der Waals surface area contributed by atoms with Gasteiger partial charge in [-0.05, 0) is 11.5 Å². The monoisotopic (exact) mass is 234 g/mol. The van der Waals surface area contributed by atoms with E-state index in [1.165, 1.54) is 7.11 Å². The lowest BCUT2D eigenvalue weighted by molar-refractivity contribution is -0.160. The molecule has 90 valence electrons. The fourth-order valence-electron chi connectivity index (χ4n) is 2.67. The summed E-state index contributed by atoms with van der Waals surface area (Å²) in [5, 5.41) is 9.31. The van der Waals surface area contributed by atoms with Gasteiger partial charge in [0.15, 0.2) is 5.41 Å². The Hall–Kier alpha value is -1.84. The number of ether oxygens (including phenoxy) is 1. The molecular formula is C13H14O4. The molecule has 0 unspecified atom stereocenters. The van der Waals surface area contributed by atoms with E-state index in [1.54, 1.807) is 6.92 Å². The standard InChI is InChI=1S/C13H14O4/c1-8-10(9-6-4-3-5-7-9)13(8,11(14)15)12(16)17-2/h3-8,10H,1-2H3,(H,14,15)/t8-,10-,13-/m1/s1. The number of esters is 1. The van der Waals surface area contributed by atoms with Crippen LogP contribution in [0.3, 0.4) is 0 Å². The summed E-state index contributed by atoms with van der Waals surface area (Å²) >= 11 is 0. The van der Waals surface area contributed by atoms with Crippen molar-refractivity contribution in [1.82, 2.24) is 0 Å². The van der Waals surface area contributed by atoms with E-state index < -0.39 is 17.4 Å². The fraction of sp³-hybridized carbons (Fsp3) is 0.385. The Bertz CT molecular complexity index is 454. The number of hydrogen-bond donors (Lipinski definition) is 1. The number of carbonyl (C=O) groups excluding carboxylic acids is 1. The molecule has 2 rings (SSSR count). The van der Waals surface area contributed by atoms with Crippen LogP contribution in [-0.4, -0.2) is 24.2 Å². The molecule has 3 atom stereocenters. The van der Waals surface area contributed by atoms with Crippen molar-refractivity contribution in [2.45, 2.75) is 12.8 Å². The lowest BCUT2D eigenvalue weighted by Crippen LogP contribution is -2.30. The zero-order chi connectivity index (χ0) is 12.6. The van der Waals surface area contributed by atoms with Gasteiger partial charge in [-0.3, -0.25) is 9.59 Å². The van der Waals surface area contributed by atoms with Crippen molar-refractivity contribution in [2.24, 2.45) is 11.3 Å². The van der Waals surface area contributed by atoms with Gasteiger partial charge in [0.1, 0.15) is 0 Å². The van der Waals surface area contributed by atoms with E-state index in [2.05, 4.69) is 4.74 Å². The van der Waals surface area contributed by atoms with E-state index in [1.807, 2.05) is 30.3 Å². The van der Waals surface area contributed by atoms with E-state index in [9.17, 15) is 14.7 Å². The van der Waals surface area contributed by atoms with Gasteiger partial charge in [-0.25, -0.2) is 0 Å². The van der Waals surface area contributed by atoms with E-state index in [0.29, 0.717) is 0 Å². The number of methoxy groups -OCH3 is 1. The molecule has 1 saturated carbocycles. The molecule has 0 bridgehead atoms. The maximum atomic E-state index is 11.7. The van der Waals surface area contributed by atoms with Crippen molar-refractivity contribution < 1.29 is 19.4 Å². The SMILES string of the molecule is COC(=O)[C@]1(C(=O)O)[C@H](C)[C@@H]1c1ccccc1. The van der Waals surface area contributed by atoms with E-state index in [4.69, 9.17) is 0 Å². The third-order valence-corrected chi connectivity index (χ3v) is 3.64. The molecule has 1 aromatic carbocycles. The maximum Gasteiger partial charge on any atom is 0.324 e. The minimum atomic E-state index is -1.41. The third kappa shape index (κ3) is 1.44. The maximum absolute atomic E-state index is 11.7. The lowest BCUT2D eigenvalue weighted by atomic mass is 9.99. The molecule has 0 heterocycles. The van der Waals surface area contributed by atoms with Crippen LogP contribution in [0.15, 0.2) is 30.3 Å². The minimum Gasteiger partial charge on any atom is -0.480 e. The van der Waals surface area contributed by atoms with Crippen LogP contribution in [0.5, 0.6) is 0 Å². The largest absolute Gasteiger partial charge is 0.480 e. The Kier molecular flexibility index (Phi) is 2.65. The molecule has 0 saturated heterocycles. The van der Waals surface area contributed by atoms with Gasteiger partial charge in [0.25, 0.3) is 0 Å². The van der Waals surface area contributed by atoms with Crippen LogP contribution < -0.4 is 0 Å². The van der Waals surface area contributed by atoms with E-state index in [0.717, 1.165) is 5.56 Å². The first kappa shape index (κ1) is 11.6. The van der Waals surface area contributed by atoms with Gasteiger partial charge >= 0.3 is 11.9 Å². The minimum absolute atomic E-state index is 0.241. The summed E-state index contributed by atoms with van der Waals surface area (Å²) in [4.78, 5) is 23.1. The Morgan fingerprint density at radius 2 is 1.88 bits per heavy atom. The quantitative estimate of drug-likeness (QED) is 0.638. The third-order valence-electron chi connectivity index (χ3n) is 3.64. The van der Waals surface area contributed by atoms with Crippen molar-refractivity contribution in [2.75, 3.05) is 7.11 Å². The van der Waals surface area contributed by atoms with Crippen LogP contribution >= 0.6 is 0 Å². The number of hydrogen-bond acceptors (Lipinski definition) is 3. The summed E-state index contributed by atoms with van der Waals surface area (Å²) in [5.74, 6) is -2.31. The van der Waals surface area contributed by atoms with Crippen LogP contribution in [-0.2, 0) is 14.3 Å². The molecule has 4 heteroatoms. The molecule has 1 fully saturated rings. The molecule has 0 radical (unpaired) electrons. The van der Waals surface area contributed by atoms with Crippen molar-refractivity contribution in [1.29, 1.82) is 0 Å². The second kappa shape index (κ2) is 3.87. The number of benzene rings is 1. The van der Waals surface area contributed by atoms with Crippen molar-refractivity contribution in [3.8, 4) is 0 Å². The predicted octanol–water partition coefficient (Wildman–Crippen LogP) is 1.66. The highest BCUT2D eigenvalue weighted by Crippen LogP contribution is 2.65. The van der Waals surface area contributed by atoms with Gasteiger partial charge in [-0.1, -0.05) is 37.3 Å². The van der Waals surface area contributed by atoms with Crippen LogP contribution in [0.25, 0.3) is 0 Å². The summed E-state index contributed by atoms with van der Waals surface area (Å²) in [7, 11) is 1.22. The molecule has 17 heavy (non-hydrogen) atoms. The highest BCUT2D eigenvalue weighted by Gasteiger charge is 2.74. The molecule has 1 aliphatic rings. The van der Waals surface area contributed by atoms with Gasteiger partial charge in [0.2, 0.25) is 0 Å². The first-order valence-corrected chi connectivity index (χ1v) is 5.43. The van der Waals surface area contributed by atoms with Crippen molar-refractivity contribution in [3.05, 3.63) is 35.9 Å². The molecular weight excluding hydrogens is 220 g/mol. The van der Waals surface area contributed by atoms with Gasteiger partial charge < -0.3 is 9.84 Å². The highest BCUT2D eigenvalue weighted by atomic mass is 16.5. The van der Waals surface area contributed by atoms with Gasteiger partial charge in [0, 0.05) is 5.92 Å². The molecule has 0 aromatic heterocycles. The second-order valence-corrected chi connectivity index (χ2v) is 4.34. The number of aliphatic carboxylic acids is 1. The van der Waals surface area contributed by atoms with Gasteiger partial charge in [-0.15, -0.1) is 0 Å². The summed E-state index contributed by atoms with van der Waals surface area (Å²) in [6.45, 7) is 1.77. The summed E-state index contributed by atoms with van der Waals surface area (Å²) in [6.07, 6.45) is 0. The van der Waals surface area contributed by atoms with E-state index >= 15 is 0 Å². The average molecular weight is 234 g/mol. The number of carboxylic acid groups (broad SMARTS) is 1. The topological polar surface area (TPSA) is 63.6 Å². The smallest absolute Gasteiger partial charge is 0.324 e. The summed E-state index contributed by atoms with van der Waals surface area (Å²) in [6, 6.07) is 9.22. The molecule has 0 amide bonds. The summed E-state index contributed by atoms with van der Waals surface area (Å²) < 4.78 is 4.64. The lowest BCUT2D eigenvalue weighted by Gasteiger charge is -2.09. The fourth-order valence-corrected chi connectivity index (χ4v) is 2.67. The highest BCUT2D eigenvalue weighted by molar-refractivity contribution is 6.05. The zero-order valence-electron chi connectivity index (χ0n) is 9.71. The Labute approximate surface area is 99.2 Å². The molecule has 4 nitrogen and oxygen atoms in total. The average Bonchev–Trinajstić information content (AvgIpc) is 2.96. The Balaban J connectivity index is 2.40. The second-order valence-electron chi connectivity index (χ2n) is 4.34. The first-order valence-electron chi connectivity index (χ1n) is 5.43. The Morgan fingerprint density at radius 3 is 2.35 bits per heavy atom.